The van der Waals surface area contributed by atoms with Crippen molar-refractivity contribution in [3.05, 3.63) is 29.8 Å². The molecule has 0 spiro atoms. The minimum absolute atomic E-state index is 0.158. The molecule has 0 heterocycles. The summed E-state index contributed by atoms with van der Waals surface area (Å²) < 4.78 is 5.09. The summed E-state index contributed by atoms with van der Waals surface area (Å²) in [6, 6.07) is 7.52. The van der Waals surface area contributed by atoms with Gasteiger partial charge >= 0.3 is 5.97 Å². The fourth-order valence-electron chi connectivity index (χ4n) is 1.44. The molecule has 0 saturated heterocycles. The van der Waals surface area contributed by atoms with Gasteiger partial charge < -0.3 is 9.84 Å². The third kappa shape index (κ3) is 4.11. The van der Waals surface area contributed by atoms with Crippen LogP contribution >= 0.6 is 11.6 Å². The highest BCUT2D eigenvalue weighted by Crippen LogP contribution is 2.28. The highest BCUT2D eigenvalue weighted by molar-refractivity contribution is 6.20. The van der Waals surface area contributed by atoms with Gasteiger partial charge in [0.25, 0.3) is 0 Å². The molecule has 0 fully saturated rings. The molecule has 0 aliphatic heterocycles. The number of carbonyl (C=O) groups is 1. The van der Waals surface area contributed by atoms with E-state index in [1.807, 2.05) is 24.3 Å². The summed E-state index contributed by atoms with van der Waals surface area (Å²) in [6.07, 6.45) is 1.40. The van der Waals surface area contributed by atoms with Crippen LogP contribution in [0.15, 0.2) is 24.3 Å². The summed E-state index contributed by atoms with van der Waals surface area (Å²) in [6.45, 7) is 0. The number of aliphatic carboxylic acids is 1. The van der Waals surface area contributed by atoms with Crippen molar-refractivity contribution >= 4 is 17.6 Å². The maximum atomic E-state index is 10.4. The van der Waals surface area contributed by atoms with Crippen molar-refractivity contribution in [2.24, 2.45) is 0 Å². The summed E-state index contributed by atoms with van der Waals surface area (Å²) in [5.74, 6) is -0.0177. The smallest absolute Gasteiger partial charge is 0.303 e. The minimum Gasteiger partial charge on any atom is -0.497 e. The number of halogens is 1. The van der Waals surface area contributed by atoms with Gasteiger partial charge in [0.2, 0.25) is 0 Å². The van der Waals surface area contributed by atoms with Gasteiger partial charge in [0, 0.05) is 6.42 Å². The summed E-state index contributed by atoms with van der Waals surface area (Å²) in [5.41, 5.74) is 0.964. The van der Waals surface area contributed by atoms with Crippen LogP contribution in [-0.4, -0.2) is 18.2 Å². The molecule has 0 aromatic heterocycles. The van der Waals surface area contributed by atoms with Crippen molar-refractivity contribution in [1.29, 1.82) is 0 Å². The Kier molecular flexibility index (Phi) is 5.12. The maximum Gasteiger partial charge on any atom is 0.303 e. The van der Waals surface area contributed by atoms with Crippen LogP contribution in [0.3, 0.4) is 0 Å². The largest absolute Gasteiger partial charge is 0.497 e. The number of alkyl halides is 1. The Labute approximate surface area is 100.0 Å². The van der Waals surface area contributed by atoms with Crippen LogP contribution in [0, 0.1) is 0 Å². The monoisotopic (exact) mass is 242 g/mol. The Balaban J connectivity index is 2.51. The first-order valence-electron chi connectivity index (χ1n) is 5.13. The molecular weight excluding hydrogens is 228 g/mol. The molecule has 1 atom stereocenters. The molecule has 1 aromatic rings. The van der Waals surface area contributed by atoms with E-state index in [4.69, 9.17) is 21.4 Å². The highest BCUT2D eigenvalue weighted by Gasteiger charge is 2.09. The van der Waals surface area contributed by atoms with Crippen LogP contribution in [0.1, 0.15) is 30.2 Å². The number of carboxylic acid groups (broad SMARTS) is 1. The molecule has 0 radical (unpaired) electrons. The van der Waals surface area contributed by atoms with E-state index in [1.165, 1.54) is 0 Å². The van der Waals surface area contributed by atoms with Crippen molar-refractivity contribution < 1.29 is 14.6 Å². The first-order valence-corrected chi connectivity index (χ1v) is 5.57. The lowest BCUT2D eigenvalue weighted by Crippen LogP contribution is -1.97. The lowest BCUT2D eigenvalue weighted by Gasteiger charge is -2.10. The number of rotatable bonds is 6. The second-order valence-electron chi connectivity index (χ2n) is 3.53. The molecule has 4 heteroatoms. The van der Waals surface area contributed by atoms with Gasteiger partial charge in [0.1, 0.15) is 5.75 Å². The minimum atomic E-state index is -0.783. The molecule has 1 unspecified atom stereocenters. The van der Waals surface area contributed by atoms with E-state index in [-0.39, 0.29) is 11.8 Å². The van der Waals surface area contributed by atoms with E-state index in [0.29, 0.717) is 12.8 Å². The summed E-state index contributed by atoms with van der Waals surface area (Å²) in [5, 5.41) is 8.36. The van der Waals surface area contributed by atoms with Crippen molar-refractivity contribution in [1.82, 2.24) is 0 Å². The molecule has 0 aliphatic rings. The van der Waals surface area contributed by atoms with E-state index < -0.39 is 5.97 Å². The van der Waals surface area contributed by atoms with Crippen molar-refractivity contribution in [2.45, 2.75) is 24.6 Å². The zero-order valence-corrected chi connectivity index (χ0v) is 9.91. The van der Waals surface area contributed by atoms with Crippen LogP contribution in [0.4, 0.5) is 0 Å². The Morgan fingerprint density at radius 1 is 1.56 bits per heavy atom. The maximum absolute atomic E-state index is 10.4. The van der Waals surface area contributed by atoms with E-state index in [2.05, 4.69) is 0 Å². The molecule has 0 saturated carbocycles. The number of hydrogen-bond donors (Lipinski definition) is 1. The average Bonchev–Trinajstić information content (AvgIpc) is 2.28. The lowest BCUT2D eigenvalue weighted by atomic mass is 10.1. The SMILES string of the molecule is COc1cccc(C(Cl)CCCC(=O)O)c1. The van der Waals surface area contributed by atoms with Crippen LogP contribution in [-0.2, 0) is 4.79 Å². The van der Waals surface area contributed by atoms with E-state index in [9.17, 15) is 4.79 Å². The van der Waals surface area contributed by atoms with Gasteiger partial charge in [0.15, 0.2) is 0 Å². The van der Waals surface area contributed by atoms with E-state index in [0.717, 1.165) is 11.3 Å². The molecule has 88 valence electrons. The van der Waals surface area contributed by atoms with Gasteiger partial charge in [-0.1, -0.05) is 12.1 Å². The molecule has 1 N–H and O–H groups in total. The van der Waals surface area contributed by atoms with Crippen molar-refractivity contribution in [2.75, 3.05) is 7.11 Å². The standard InChI is InChI=1S/C12H15ClO3/c1-16-10-5-2-4-9(8-10)11(13)6-3-7-12(14)15/h2,4-5,8,11H,3,6-7H2,1H3,(H,14,15). The van der Waals surface area contributed by atoms with Crippen LogP contribution < -0.4 is 4.74 Å². The molecule has 3 nitrogen and oxygen atoms in total. The second kappa shape index (κ2) is 6.38. The summed E-state index contributed by atoms with van der Waals surface area (Å²) >= 11 is 6.17. The number of methoxy groups -OCH3 is 1. The van der Waals surface area contributed by atoms with Gasteiger partial charge in [-0.3, -0.25) is 4.79 Å². The van der Waals surface area contributed by atoms with Crippen molar-refractivity contribution in [3.8, 4) is 5.75 Å². The zero-order chi connectivity index (χ0) is 12.0. The van der Waals surface area contributed by atoms with Gasteiger partial charge in [-0.15, -0.1) is 11.6 Å². The second-order valence-corrected chi connectivity index (χ2v) is 4.06. The average molecular weight is 243 g/mol. The first kappa shape index (κ1) is 12.8. The predicted octanol–water partition coefficient (Wildman–Crippen LogP) is 3.23. The number of ether oxygens (including phenoxy) is 1. The van der Waals surface area contributed by atoms with Crippen LogP contribution in [0.2, 0.25) is 0 Å². The van der Waals surface area contributed by atoms with Gasteiger partial charge in [0.05, 0.1) is 12.5 Å². The van der Waals surface area contributed by atoms with Crippen LogP contribution in [0.5, 0.6) is 5.75 Å². The quantitative estimate of drug-likeness (QED) is 0.779. The molecule has 0 amide bonds. The van der Waals surface area contributed by atoms with Gasteiger partial charge in [-0.05, 0) is 30.5 Å². The van der Waals surface area contributed by atoms with Crippen molar-refractivity contribution in [3.63, 3.8) is 0 Å². The summed E-state index contributed by atoms with van der Waals surface area (Å²) in [7, 11) is 1.60. The topological polar surface area (TPSA) is 46.5 Å². The third-order valence-corrected chi connectivity index (χ3v) is 2.77. The predicted molar refractivity (Wildman–Crippen MR) is 63.1 cm³/mol. The molecular formula is C12H15ClO3. The normalized spacial score (nSPS) is 12.1. The molecule has 16 heavy (non-hydrogen) atoms. The Morgan fingerprint density at radius 3 is 2.94 bits per heavy atom. The third-order valence-electron chi connectivity index (χ3n) is 2.30. The summed E-state index contributed by atoms with van der Waals surface area (Å²) in [4.78, 5) is 10.4. The van der Waals surface area contributed by atoms with Gasteiger partial charge in [-0.2, -0.15) is 0 Å². The van der Waals surface area contributed by atoms with Crippen LogP contribution in [0.25, 0.3) is 0 Å². The first-order chi connectivity index (χ1) is 7.63. The number of hydrogen-bond acceptors (Lipinski definition) is 2. The fraction of sp³-hybridized carbons (Fsp3) is 0.417. The molecule has 0 aliphatic carbocycles. The fourth-order valence-corrected chi connectivity index (χ4v) is 1.73. The highest BCUT2D eigenvalue weighted by atomic mass is 35.5. The molecule has 0 bridgehead atoms. The molecule has 1 aromatic carbocycles. The Morgan fingerprint density at radius 2 is 2.31 bits per heavy atom. The Bertz CT molecular complexity index is 352. The number of benzene rings is 1. The van der Waals surface area contributed by atoms with E-state index in [1.54, 1.807) is 7.11 Å². The number of carboxylic acids is 1. The van der Waals surface area contributed by atoms with E-state index >= 15 is 0 Å². The lowest BCUT2D eigenvalue weighted by molar-refractivity contribution is -0.137. The molecule has 1 rings (SSSR count). The zero-order valence-electron chi connectivity index (χ0n) is 9.15. The Hall–Kier alpha value is -1.22. The van der Waals surface area contributed by atoms with Gasteiger partial charge in [-0.25, -0.2) is 0 Å².